The fraction of sp³-hybridized carbons (Fsp3) is 0.481. The number of fused-ring (bicyclic) bond motifs is 1. The number of anilines is 2. The van der Waals surface area contributed by atoms with Gasteiger partial charge in [0.2, 0.25) is 5.91 Å². The van der Waals surface area contributed by atoms with Crippen LogP contribution in [0.4, 0.5) is 16.2 Å². The van der Waals surface area contributed by atoms with Gasteiger partial charge in [-0.15, -0.1) is 0 Å². The molecule has 1 saturated heterocycles. The molecular weight excluding hydrogens is 480 g/mol. The lowest BCUT2D eigenvalue weighted by atomic mass is 10.0. The monoisotopic (exact) mass is 516 g/mol. The summed E-state index contributed by atoms with van der Waals surface area (Å²) in [5, 5.41) is 0. The lowest BCUT2D eigenvalue weighted by molar-refractivity contribution is -0.117. The van der Waals surface area contributed by atoms with E-state index in [2.05, 4.69) is 13.2 Å². The van der Waals surface area contributed by atoms with E-state index in [-0.39, 0.29) is 41.2 Å². The lowest BCUT2D eigenvalue weighted by Gasteiger charge is -2.41. The first kappa shape index (κ1) is 27.7. The van der Waals surface area contributed by atoms with Crippen molar-refractivity contribution < 1.29 is 27.5 Å². The molecule has 0 bridgehead atoms. The molecular formula is C27H36N2O6S. The Morgan fingerprint density at radius 3 is 2.44 bits per heavy atom. The van der Waals surface area contributed by atoms with E-state index in [4.69, 9.17) is 9.47 Å². The average Bonchev–Trinajstić information content (AvgIpc) is 2.80. The van der Waals surface area contributed by atoms with Crippen LogP contribution in [0.25, 0.3) is 5.57 Å². The first-order chi connectivity index (χ1) is 16.9. The Morgan fingerprint density at radius 1 is 1.17 bits per heavy atom. The summed E-state index contributed by atoms with van der Waals surface area (Å²) in [6.07, 6.45) is 3.65. The van der Waals surface area contributed by atoms with E-state index in [1.165, 1.54) is 13.0 Å². The van der Waals surface area contributed by atoms with E-state index in [9.17, 15) is 18.0 Å². The fourth-order valence-corrected chi connectivity index (χ4v) is 5.78. The van der Waals surface area contributed by atoms with Crippen molar-refractivity contribution in [1.82, 2.24) is 0 Å². The number of nitrogens with zero attached hydrogens (tertiary/aromatic N) is 2. The van der Waals surface area contributed by atoms with Crippen molar-refractivity contribution in [3.05, 3.63) is 54.0 Å². The fourth-order valence-electron chi connectivity index (χ4n) is 4.42. The zero-order chi connectivity index (χ0) is 26.6. The molecule has 2 aliphatic heterocycles. The molecule has 1 unspecified atom stereocenters. The molecule has 9 heteroatoms. The molecule has 0 N–H and O–H groups in total. The van der Waals surface area contributed by atoms with Crippen LogP contribution in [0.3, 0.4) is 0 Å². The third-order valence-electron chi connectivity index (χ3n) is 6.20. The standard InChI is InChI=1S/C27H36N2O6S/c1-18(2)17-36(32,33)21(5)8-7-19(3)23-9-10-25-26(15-23)28(16-20(4)29(25)22(6)30)27(31)35-24-11-13-34-14-12-24/h7-10,15,18,20,24H,3,5,11-14,16-17H2,1-2,4,6H3/b8-7-. The second-order valence-corrected chi connectivity index (χ2v) is 11.8. The van der Waals surface area contributed by atoms with E-state index in [1.807, 2.05) is 20.8 Å². The average molecular weight is 517 g/mol. The van der Waals surface area contributed by atoms with Crippen molar-refractivity contribution in [3.63, 3.8) is 0 Å². The van der Waals surface area contributed by atoms with E-state index in [0.29, 0.717) is 48.6 Å². The van der Waals surface area contributed by atoms with Crippen LogP contribution >= 0.6 is 0 Å². The summed E-state index contributed by atoms with van der Waals surface area (Å²) in [7, 11) is -3.45. The van der Waals surface area contributed by atoms with Crippen molar-refractivity contribution in [2.75, 3.05) is 35.3 Å². The molecule has 0 spiro atoms. The number of ether oxygens (including phenoxy) is 2. The molecule has 1 aromatic rings. The van der Waals surface area contributed by atoms with Crippen LogP contribution in [0.5, 0.6) is 0 Å². The number of sulfone groups is 1. The van der Waals surface area contributed by atoms with E-state index < -0.39 is 15.9 Å². The molecule has 0 radical (unpaired) electrons. The number of amides is 2. The minimum atomic E-state index is -3.45. The Labute approximate surface area is 214 Å². The van der Waals surface area contributed by atoms with Crippen molar-refractivity contribution in [2.24, 2.45) is 5.92 Å². The Balaban J connectivity index is 1.89. The van der Waals surface area contributed by atoms with Crippen molar-refractivity contribution in [2.45, 2.75) is 52.7 Å². The van der Waals surface area contributed by atoms with Gasteiger partial charge >= 0.3 is 6.09 Å². The van der Waals surface area contributed by atoms with Gasteiger partial charge in [-0.3, -0.25) is 9.69 Å². The summed E-state index contributed by atoms with van der Waals surface area (Å²) in [5.41, 5.74) is 2.37. The van der Waals surface area contributed by atoms with E-state index in [1.54, 1.807) is 34.1 Å². The molecule has 2 aliphatic rings. The van der Waals surface area contributed by atoms with Gasteiger partial charge < -0.3 is 14.4 Å². The van der Waals surface area contributed by atoms with E-state index in [0.717, 1.165) is 0 Å². The Morgan fingerprint density at radius 2 is 1.83 bits per heavy atom. The maximum Gasteiger partial charge on any atom is 0.414 e. The zero-order valence-electron chi connectivity index (χ0n) is 21.5. The van der Waals surface area contributed by atoms with Crippen LogP contribution in [0.15, 0.2) is 48.4 Å². The van der Waals surface area contributed by atoms with Gasteiger partial charge in [-0.2, -0.15) is 0 Å². The number of allylic oxidation sites excluding steroid dienone is 3. The molecule has 1 atom stereocenters. The van der Waals surface area contributed by atoms with Crippen LogP contribution < -0.4 is 9.80 Å². The number of hydrogen-bond donors (Lipinski definition) is 0. The number of carbonyl (C=O) groups excluding carboxylic acids is 2. The summed E-state index contributed by atoms with van der Waals surface area (Å²) in [4.78, 5) is 28.8. The second kappa shape index (κ2) is 11.4. The maximum atomic E-state index is 13.2. The van der Waals surface area contributed by atoms with Crippen LogP contribution in [-0.4, -0.2) is 58.1 Å². The molecule has 1 aromatic carbocycles. The van der Waals surface area contributed by atoms with Crippen LogP contribution in [0, 0.1) is 5.92 Å². The number of benzene rings is 1. The van der Waals surface area contributed by atoms with Gasteiger partial charge in [0.25, 0.3) is 0 Å². The van der Waals surface area contributed by atoms with Crippen LogP contribution in [-0.2, 0) is 24.1 Å². The Bertz CT molecular complexity index is 1160. The SMILES string of the molecule is C=C(/C=C\C(=C)S(=O)(=O)CC(C)C)c1ccc2c(c1)N(C(=O)OC1CCOCC1)CC(C)N2C(C)=O. The van der Waals surface area contributed by atoms with Gasteiger partial charge in [0.05, 0.1) is 41.3 Å². The largest absolute Gasteiger partial charge is 0.446 e. The molecule has 36 heavy (non-hydrogen) atoms. The second-order valence-electron chi connectivity index (χ2n) is 9.75. The molecule has 2 heterocycles. The Kier molecular flexibility index (Phi) is 8.79. The van der Waals surface area contributed by atoms with Crippen LogP contribution in [0.1, 0.15) is 46.1 Å². The molecule has 2 amide bonds. The minimum absolute atomic E-state index is 0.0116. The number of hydrogen-bond acceptors (Lipinski definition) is 6. The molecule has 0 aromatic heterocycles. The highest BCUT2D eigenvalue weighted by atomic mass is 32.2. The highest BCUT2D eigenvalue weighted by Gasteiger charge is 2.35. The minimum Gasteiger partial charge on any atom is -0.446 e. The van der Waals surface area contributed by atoms with Crippen molar-refractivity contribution in [3.8, 4) is 0 Å². The topological polar surface area (TPSA) is 93.2 Å². The lowest BCUT2D eigenvalue weighted by Crippen LogP contribution is -2.52. The summed E-state index contributed by atoms with van der Waals surface area (Å²) in [6.45, 7) is 16.2. The van der Waals surface area contributed by atoms with Gasteiger partial charge in [0.1, 0.15) is 6.10 Å². The maximum absolute atomic E-state index is 13.2. The third-order valence-corrected chi connectivity index (χ3v) is 8.24. The number of rotatable bonds is 7. The van der Waals surface area contributed by atoms with Gasteiger partial charge in [0, 0.05) is 26.3 Å². The van der Waals surface area contributed by atoms with Gasteiger partial charge in [-0.25, -0.2) is 13.2 Å². The predicted octanol–water partition coefficient (Wildman–Crippen LogP) is 4.72. The molecule has 0 aliphatic carbocycles. The molecule has 1 fully saturated rings. The quantitative estimate of drug-likeness (QED) is 0.487. The number of carbonyl (C=O) groups is 2. The van der Waals surface area contributed by atoms with Crippen molar-refractivity contribution >= 4 is 38.8 Å². The summed E-state index contributed by atoms with van der Waals surface area (Å²) in [5.74, 6) is -0.119. The predicted molar refractivity (Wildman–Crippen MR) is 143 cm³/mol. The van der Waals surface area contributed by atoms with Crippen molar-refractivity contribution in [1.29, 1.82) is 0 Å². The zero-order valence-corrected chi connectivity index (χ0v) is 22.3. The normalized spacial score (nSPS) is 18.9. The molecule has 196 valence electrons. The molecule has 8 nitrogen and oxygen atoms in total. The summed E-state index contributed by atoms with van der Waals surface area (Å²) >= 11 is 0. The van der Waals surface area contributed by atoms with Gasteiger partial charge in [-0.05, 0) is 42.2 Å². The third kappa shape index (κ3) is 6.44. The summed E-state index contributed by atoms with van der Waals surface area (Å²) in [6, 6.07) is 5.12. The molecule has 3 rings (SSSR count). The smallest absolute Gasteiger partial charge is 0.414 e. The van der Waals surface area contributed by atoms with E-state index >= 15 is 0 Å². The van der Waals surface area contributed by atoms with Gasteiger partial charge in [0.15, 0.2) is 9.84 Å². The first-order valence-corrected chi connectivity index (χ1v) is 13.8. The Hall–Kier alpha value is -2.91. The first-order valence-electron chi connectivity index (χ1n) is 12.2. The highest BCUT2D eigenvalue weighted by Crippen LogP contribution is 2.38. The summed E-state index contributed by atoms with van der Waals surface area (Å²) < 4.78 is 35.9. The van der Waals surface area contributed by atoms with Gasteiger partial charge in [-0.1, -0.05) is 39.1 Å². The van der Waals surface area contributed by atoms with Crippen LogP contribution in [0.2, 0.25) is 0 Å². The highest BCUT2D eigenvalue weighted by molar-refractivity contribution is 7.95. The molecule has 0 saturated carbocycles.